The van der Waals surface area contributed by atoms with E-state index in [1.807, 2.05) is 18.2 Å². The van der Waals surface area contributed by atoms with Gasteiger partial charge in [-0.1, -0.05) is 60.2 Å². The van der Waals surface area contributed by atoms with Crippen LogP contribution in [0.25, 0.3) is 16.7 Å². The Labute approximate surface area is 126 Å². The normalized spacial score (nSPS) is 14.5. The predicted octanol–water partition coefficient (Wildman–Crippen LogP) is 4.97. The molecule has 2 aromatic rings. The summed E-state index contributed by atoms with van der Waals surface area (Å²) < 4.78 is 0. The minimum Gasteiger partial charge on any atom is -0.392 e. The maximum atomic E-state index is 9.61. The molecular formula is C20H20O. The van der Waals surface area contributed by atoms with Crippen LogP contribution >= 0.6 is 0 Å². The first-order valence-corrected chi connectivity index (χ1v) is 7.36. The van der Waals surface area contributed by atoms with Crippen LogP contribution in [0.15, 0.2) is 65.8 Å². The van der Waals surface area contributed by atoms with Crippen LogP contribution < -0.4 is 0 Å². The van der Waals surface area contributed by atoms with Gasteiger partial charge in [0.05, 0.1) is 6.61 Å². The lowest BCUT2D eigenvalue weighted by molar-refractivity contribution is 0.282. The molecule has 0 radical (unpaired) electrons. The van der Waals surface area contributed by atoms with Crippen LogP contribution in [0.4, 0.5) is 0 Å². The van der Waals surface area contributed by atoms with Crippen molar-refractivity contribution >= 4 is 5.57 Å². The molecule has 3 rings (SSSR count). The minimum absolute atomic E-state index is 0.0693. The Morgan fingerprint density at radius 3 is 2.10 bits per heavy atom. The molecule has 0 fully saturated rings. The quantitative estimate of drug-likeness (QED) is 0.839. The van der Waals surface area contributed by atoms with E-state index in [1.54, 1.807) is 0 Å². The third kappa shape index (κ3) is 2.57. The zero-order valence-corrected chi connectivity index (χ0v) is 12.6. The molecule has 0 spiro atoms. The maximum Gasteiger partial charge on any atom is 0.0687 e. The Bertz CT molecular complexity index is 735. The molecule has 1 aliphatic rings. The van der Waals surface area contributed by atoms with E-state index in [0.717, 1.165) is 17.5 Å². The number of aliphatic hydroxyl groups excluding tert-OH is 1. The van der Waals surface area contributed by atoms with E-state index < -0.39 is 0 Å². The fraction of sp³-hybridized carbons (Fsp3) is 0.200. The molecule has 2 aromatic carbocycles. The molecule has 0 saturated carbocycles. The fourth-order valence-corrected chi connectivity index (χ4v) is 3.14. The number of rotatable bonds is 3. The molecule has 0 aromatic heterocycles. The largest absolute Gasteiger partial charge is 0.392 e. The Morgan fingerprint density at radius 2 is 1.48 bits per heavy atom. The lowest BCUT2D eigenvalue weighted by Crippen LogP contribution is -1.94. The Balaban J connectivity index is 2.16. The monoisotopic (exact) mass is 276 g/mol. The van der Waals surface area contributed by atoms with Gasteiger partial charge in [-0.05, 0) is 53.7 Å². The highest BCUT2D eigenvalue weighted by Crippen LogP contribution is 2.38. The first-order chi connectivity index (χ1) is 10.2. The highest BCUT2D eigenvalue weighted by atomic mass is 16.3. The maximum absolute atomic E-state index is 9.61. The average Bonchev–Trinajstić information content (AvgIpc) is 2.85. The van der Waals surface area contributed by atoms with E-state index >= 15 is 0 Å². The smallest absolute Gasteiger partial charge is 0.0687 e. The molecular weight excluding hydrogens is 256 g/mol. The van der Waals surface area contributed by atoms with Crippen molar-refractivity contribution < 1.29 is 5.11 Å². The number of benzene rings is 2. The molecule has 21 heavy (non-hydrogen) atoms. The van der Waals surface area contributed by atoms with Crippen LogP contribution in [0.5, 0.6) is 0 Å². The molecule has 1 aliphatic carbocycles. The van der Waals surface area contributed by atoms with Gasteiger partial charge in [0.15, 0.2) is 0 Å². The Hall–Kier alpha value is -2.12. The number of hydrogen-bond donors (Lipinski definition) is 1. The van der Waals surface area contributed by atoms with E-state index in [0.29, 0.717) is 0 Å². The van der Waals surface area contributed by atoms with E-state index in [1.165, 1.54) is 27.8 Å². The molecule has 1 nitrogen and oxygen atoms in total. The van der Waals surface area contributed by atoms with E-state index in [-0.39, 0.29) is 6.61 Å². The van der Waals surface area contributed by atoms with Crippen LogP contribution in [0.2, 0.25) is 0 Å². The number of allylic oxidation sites excluding steroid dienone is 4. The lowest BCUT2D eigenvalue weighted by atomic mass is 9.90. The van der Waals surface area contributed by atoms with Crippen LogP contribution in [0.3, 0.4) is 0 Å². The van der Waals surface area contributed by atoms with Crippen LogP contribution in [0, 0.1) is 0 Å². The summed E-state index contributed by atoms with van der Waals surface area (Å²) in [4.78, 5) is 0. The molecule has 0 bridgehead atoms. The van der Waals surface area contributed by atoms with Crippen molar-refractivity contribution in [1.82, 2.24) is 0 Å². The van der Waals surface area contributed by atoms with Crippen molar-refractivity contribution in [2.24, 2.45) is 0 Å². The summed E-state index contributed by atoms with van der Waals surface area (Å²) in [5.41, 5.74) is 8.75. The summed E-state index contributed by atoms with van der Waals surface area (Å²) in [7, 11) is 0. The first-order valence-electron chi connectivity index (χ1n) is 7.36. The van der Waals surface area contributed by atoms with Gasteiger partial charge in [-0.15, -0.1) is 0 Å². The number of hydrogen-bond acceptors (Lipinski definition) is 1. The van der Waals surface area contributed by atoms with Gasteiger partial charge >= 0.3 is 0 Å². The van der Waals surface area contributed by atoms with E-state index in [4.69, 9.17) is 0 Å². The molecule has 0 saturated heterocycles. The summed E-state index contributed by atoms with van der Waals surface area (Å²) in [6, 6.07) is 16.6. The van der Waals surface area contributed by atoms with Crippen molar-refractivity contribution in [1.29, 1.82) is 0 Å². The van der Waals surface area contributed by atoms with Crippen LogP contribution in [-0.2, 0) is 6.61 Å². The van der Waals surface area contributed by atoms with Crippen molar-refractivity contribution in [2.45, 2.75) is 26.9 Å². The minimum atomic E-state index is 0.0693. The van der Waals surface area contributed by atoms with Gasteiger partial charge in [0.25, 0.3) is 0 Å². The highest BCUT2D eigenvalue weighted by molar-refractivity contribution is 5.86. The topological polar surface area (TPSA) is 20.2 Å². The van der Waals surface area contributed by atoms with Gasteiger partial charge in [0.1, 0.15) is 0 Å². The van der Waals surface area contributed by atoms with Gasteiger partial charge in [0, 0.05) is 0 Å². The average molecular weight is 276 g/mol. The summed E-state index contributed by atoms with van der Waals surface area (Å²) in [6.07, 6.45) is 3.29. The SMILES string of the molecule is CC1=CC(C)=C(c2ccccc2-c2ccccc2CO)C1. The Morgan fingerprint density at radius 1 is 0.857 bits per heavy atom. The van der Waals surface area contributed by atoms with Gasteiger partial charge in [-0.25, -0.2) is 0 Å². The third-order valence-corrected chi connectivity index (χ3v) is 4.12. The molecule has 106 valence electrons. The first kappa shape index (κ1) is 13.8. The zero-order valence-electron chi connectivity index (χ0n) is 12.6. The van der Waals surface area contributed by atoms with Crippen LogP contribution in [0.1, 0.15) is 31.4 Å². The zero-order chi connectivity index (χ0) is 14.8. The lowest BCUT2D eigenvalue weighted by Gasteiger charge is -2.15. The van der Waals surface area contributed by atoms with Gasteiger partial charge in [-0.3, -0.25) is 0 Å². The molecule has 0 atom stereocenters. The highest BCUT2D eigenvalue weighted by Gasteiger charge is 2.16. The second-order valence-electron chi connectivity index (χ2n) is 5.69. The molecule has 0 aliphatic heterocycles. The van der Waals surface area contributed by atoms with Crippen molar-refractivity contribution in [3.63, 3.8) is 0 Å². The molecule has 0 unspecified atom stereocenters. The summed E-state index contributed by atoms with van der Waals surface area (Å²) in [5.74, 6) is 0. The summed E-state index contributed by atoms with van der Waals surface area (Å²) in [5, 5.41) is 9.61. The molecule has 0 amide bonds. The summed E-state index contributed by atoms with van der Waals surface area (Å²) in [6.45, 7) is 4.43. The van der Waals surface area contributed by atoms with Crippen molar-refractivity contribution in [3.8, 4) is 11.1 Å². The van der Waals surface area contributed by atoms with Gasteiger partial charge in [-0.2, -0.15) is 0 Å². The van der Waals surface area contributed by atoms with Crippen molar-refractivity contribution in [2.75, 3.05) is 0 Å². The fourth-order valence-electron chi connectivity index (χ4n) is 3.14. The Kier molecular flexibility index (Phi) is 3.76. The van der Waals surface area contributed by atoms with Gasteiger partial charge in [0.2, 0.25) is 0 Å². The van der Waals surface area contributed by atoms with E-state index in [9.17, 15) is 5.11 Å². The predicted molar refractivity (Wildman–Crippen MR) is 88.8 cm³/mol. The van der Waals surface area contributed by atoms with Crippen LogP contribution in [-0.4, -0.2) is 5.11 Å². The van der Waals surface area contributed by atoms with Gasteiger partial charge < -0.3 is 5.11 Å². The second-order valence-corrected chi connectivity index (χ2v) is 5.69. The second kappa shape index (κ2) is 5.71. The molecule has 0 heterocycles. The third-order valence-electron chi connectivity index (χ3n) is 4.12. The van der Waals surface area contributed by atoms with E-state index in [2.05, 4.69) is 50.3 Å². The standard InChI is InChI=1S/C20H20O/c1-14-11-15(2)20(12-14)19-10-6-5-9-18(19)17-8-4-3-7-16(17)13-21/h3-11,21H,12-13H2,1-2H3. The number of aliphatic hydroxyl groups is 1. The summed E-state index contributed by atoms with van der Waals surface area (Å²) >= 11 is 0. The van der Waals surface area contributed by atoms with Crippen molar-refractivity contribution in [3.05, 3.63) is 76.9 Å². The molecule has 1 N–H and O–H groups in total. The molecule has 1 heteroatoms.